The molecule has 0 spiro atoms. The lowest BCUT2D eigenvalue weighted by Crippen LogP contribution is -2.32. The molecule has 0 fully saturated rings. The Hall–Kier alpha value is -2.74. The van der Waals surface area contributed by atoms with Gasteiger partial charge >= 0.3 is 0 Å². The molecular weight excluding hydrogens is 388 g/mol. The van der Waals surface area contributed by atoms with Gasteiger partial charge < -0.3 is 5.32 Å². The number of hydrogen-bond acceptors (Lipinski definition) is 5. The average Bonchev–Trinajstić information content (AvgIpc) is 3.29. The number of aromatic nitrogens is 2. The van der Waals surface area contributed by atoms with Gasteiger partial charge in [0, 0.05) is 29.0 Å². The Morgan fingerprint density at radius 1 is 1.34 bits per heavy atom. The van der Waals surface area contributed by atoms with Crippen molar-refractivity contribution in [1.82, 2.24) is 14.9 Å². The number of amides is 2. The number of hydrogen-bond donors (Lipinski definition) is 1. The molecule has 1 N–H and O–H groups in total. The summed E-state index contributed by atoms with van der Waals surface area (Å²) in [6.07, 6.45) is 9.83. The van der Waals surface area contributed by atoms with E-state index < -0.39 is 0 Å². The van der Waals surface area contributed by atoms with Crippen LogP contribution < -0.4 is 10.9 Å². The van der Waals surface area contributed by atoms with Crippen molar-refractivity contribution in [3.05, 3.63) is 57.2 Å². The van der Waals surface area contributed by atoms with Crippen molar-refractivity contribution in [2.24, 2.45) is 10.9 Å². The molecule has 148 valence electrons. The number of rotatable bonds is 2. The summed E-state index contributed by atoms with van der Waals surface area (Å²) in [5.41, 5.74) is 3.95. The van der Waals surface area contributed by atoms with E-state index in [0.29, 0.717) is 11.5 Å². The predicted molar refractivity (Wildman–Crippen MR) is 110 cm³/mol. The molecule has 3 heterocycles. The maximum absolute atomic E-state index is 12.8. The first kappa shape index (κ1) is 18.3. The van der Waals surface area contributed by atoms with Crippen LogP contribution in [0.1, 0.15) is 37.1 Å². The number of nitrogens with one attached hydrogen (secondary N) is 1. The molecule has 5 rings (SSSR count). The van der Waals surface area contributed by atoms with Crippen molar-refractivity contribution in [1.29, 1.82) is 0 Å². The molecule has 2 amide bonds. The van der Waals surface area contributed by atoms with E-state index in [1.807, 2.05) is 13.0 Å². The molecule has 29 heavy (non-hydrogen) atoms. The summed E-state index contributed by atoms with van der Waals surface area (Å²) < 4.78 is 1.69. The lowest BCUT2D eigenvalue weighted by atomic mass is 9.89. The van der Waals surface area contributed by atoms with Crippen LogP contribution in [0.5, 0.6) is 0 Å². The highest BCUT2D eigenvalue weighted by atomic mass is 32.2. The Morgan fingerprint density at radius 3 is 3.07 bits per heavy atom. The van der Waals surface area contributed by atoms with Gasteiger partial charge in [-0.05, 0) is 38.3 Å². The van der Waals surface area contributed by atoms with Gasteiger partial charge in [-0.2, -0.15) is 0 Å². The van der Waals surface area contributed by atoms with Crippen LogP contribution in [-0.4, -0.2) is 32.8 Å². The van der Waals surface area contributed by atoms with Gasteiger partial charge in [-0.15, -0.1) is 0 Å². The first-order valence-electron chi connectivity index (χ1n) is 9.77. The van der Waals surface area contributed by atoms with Crippen LogP contribution in [0.2, 0.25) is 0 Å². The maximum Gasteiger partial charge on any atom is 0.257 e. The SMILES string of the molecule is CC1=CC(=O)NC2=CC(=NC(=O)CC3CSc4nc5c(c(=O)n43)CCC5)C=CC12. The van der Waals surface area contributed by atoms with E-state index in [0.717, 1.165) is 46.9 Å². The number of aliphatic imine (C=N–C) groups is 1. The van der Waals surface area contributed by atoms with Crippen LogP contribution in [0.15, 0.2) is 50.5 Å². The van der Waals surface area contributed by atoms with Crippen molar-refractivity contribution >= 4 is 29.3 Å². The zero-order chi connectivity index (χ0) is 20.1. The molecule has 0 radical (unpaired) electrons. The standard InChI is InChI=1S/C21H20N4O3S/c1-11-7-18(26)23-17-8-12(5-6-14(11)17)22-19(27)9-13-10-29-21-24-16-4-2-3-15(16)20(28)25(13)21/h5-8,13-14H,2-4,9-10H2,1H3,(H,23,26). The van der Waals surface area contributed by atoms with Gasteiger partial charge in [-0.25, -0.2) is 9.98 Å². The van der Waals surface area contributed by atoms with E-state index in [-0.39, 0.29) is 35.8 Å². The molecule has 1 aromatic heterocycles. The number of carbonyl (C=O) groups is 2. The molecule has 0 saturated carbocycles. The highest BCUT2D eigenvalue weighted by molar-refractivity contribution is 7.99. The number of thioether (sulfide) groups is 1. The van der Waals surface area contributed by atoms with Crippen LogP contribution in [0, 0.1) is 5.92 Å². The maximum atomic E-state index is 12.8. The van der Waals surface area contributed by atoms with Crippen molar-refractivity contribution in [2.45, 2.75) is 43.8 Å². The summed E-state index contributed by atoms with van der Waals surface area (Å²) in [7, 11) is 0. The minimum atomic E-state index is -0.278. The number of nitrogens with zero attached hydrogens (tertiary/aromatic N) is 3. The second-order valence-electron chi connectivity index (χ2n) is 7.76. The Bertz CT molecular complexity index is 1130. The topological polar surface area (TPSA) is 93.4 Å². The zero-order valence-electron chi connectivity index (χ0n) is 16.0. The van der Waals surface area contributed by atoms with E-state index in [4.69, 9.17) is 0 Å². The predicted octanol–water partition coefficient (Wildman–Crippen LogP) is 1.88. The first-order chi connectivity index (χ1) is 14.0. The Labute approximate surface area is 171 Å². The van der Waals surface area contributed by atoms with Crippen LogP contribution in [0.25, 0.3) is 0 Å². The Morgan fingerprint density at radius 2 is 2.21 bits per heavy atom. The summed E-state index contributed by atoms with van der Waals surface area (Å²) in [5.74, 6) is 0.234. The zero-order valence-corrected chi connectivity index (χ0v) is 16.8. The summed E-state index contributed by atoms with van der Waals surface area (Å²) in [6, 6.07) is -0.217. The molecule has 2 aliphatic carbocycles. The van der Waals surface area contributed by atoms with Gasteiger partial charge in [0.05, 0.1) is 23.9 Å². The van der Waals surface area contributed by atoms with Crippen molar-refractivity contribution in [2.75, 3.05) is 5.75 Å². The van der Waals surface area contributed by atoms with E-state index in [2.05, 4.69) is 15.3 Å². The smallest absolute Gasteiger partial charge is 0.257 e. The van der Waals surface area contributed by atoms with Gasteiger partial charge in [-0.3, -0.25) is 19.0 Å². The van der Waals surface area contributed by atoms with E-state index >= 15 is 0 Å². The number of aryl methyl sites for hydroxylation is 1. The number of allylic oxidation sites excluding steroid dienone is 3. The third-order valence-corrected chi connectivity index (χ3v) is 6.85. The fraction of sp³-hybridized carbons (Fsp3) is 0.381. The van der Waals surface area contributed by atoms with Gasteiger partial charge in [0.1, 0.15) is 0 Å². The molecule has 2 aliphatic heterocycles. The van der Waals surface area contributed by atoms with Crippen molar-refractivity contribution < 1.29 is 9.59 Å². The quantitative estimate of drug-likeness (QED) is 0.755. The van der Waals surface area contributed by atoms with Gasteiger partial charge in [-0.1, -0.05) is 23.4 Å². The molecule has 0 bridgehead atoms. The lowest BCUT2D eigenvalue weighted by Gasteiger charge is -2.25. The average molecular weight is 408 g/mol. The van der Waals surface area contributed by atoms with E-state index in [1.165, 1.54) is 11.8 Å². The summed E-state index contributed by atoms with van der Waals surface area (Å²) >= 11 is 1.53. The molecule has 2 atom stereocenters. The molecule has 2 unspecified atom stereocenters. The highest BCUT2D eigenvalue weighted by Crippen LogP contribution is 2.34. The van der Waals surface area contributed by atoms with Crippen LogP contribution >= 0.6 is 11.8 Å². The minimum absolute atomic E-state index is 0.00709. The molecule has 1 aromatic rings. The molecule has 8 heteroatoms. The van der Waals surface area contributed by atoms with Crippen molar-refractivity contribution in [3.63, 3.8) is 0 Å². The van der Waals surface area contributed by atoms with Crippen LogP contribution in [0.4, 0.5) is 0 Å². The lowest BCUT2D eigenvalue weighted by molar-refractivity contribution is -0.118. The summed E-state index contributed by atoms with van der Waals surface area (Å²) in [5, 5.41) is 3.53. The van der Waals surface area contributed by atoms with Crippen molar-refractivity contribution in [3.8, 4) is 0 Å². The second-order valence-corrected chi connectivity index (χ2v) is 8.75. The molecule has 0 aromatic carbocycles. The summed E-state index contributed by atoms with van der Waals surface area (Å²) in [6.45, 7) is 1.91. The molecule has 4 aliphatic rings. The minimum Gasteiger partial charge on any atom is -0.325 e. The molecular formula is C21H20N4O3S. The third kappa shape index (κ3) is 3.21. The monoisotopic (exact) mass is 408 g/mol. The Kier molecular flexibility index (Phi) is 4.38. The van der Waals surface area contributed by atoms with Gasteiger partial charge in [0.15, 0.2) is 5.16 Å². The second kappa shape index (κ2) is 6.95. The van der Waals surface area contributed by atoms with E-state index in [1.54, 1.807) is 22.8 Å². The Balaban J connectivity index is 1.36. The number of fused-ring (bicyclic) bond motifs is 3. The molecule has 0 saturated heterocycles. The first-order valence-corrected chi connectivity index (χ1v) is 10.8. The molecule has 7 nitrogen and oxygen atoms in total. The third-order valence-electron chi connectivity index (χ3n) is 5.75. The largest absolute Gasteiger partial charge is 0.325 e. The highest BCUT2D eigenvalue weighted by Gasteiger charge is 2.31. The van der Waals surface area contributed by atoms with Crippen LogP contribution in [0.3, 0.4) is 0 Å². The fourth-order valence-electron chi connectivity index (χ4n) is 4.34. The summed E-state index contributed by atoms with van der Waals surface area (Å²) in [4.78, 5) is 46.0. The van der Waals surface area contributed by atoms with Crippen LogP contribution in [-0.2, 0) is 22.4 Å². The number of carbonyl (C=O) groups excluding carboxylic acids is 2. The normalized spacial score (nSPS) is 25.8. The fourth-order valence-corrected chi connectivity index (χ4v) is 5.50. The van der Waals surface area contributed by atoms with Gasteiger partial charge in [0.25, 0.3) is 5.56 Å². The van der Waals surface area contributed by atoms with E-state index in [9.17, 15) is 14.4 Å². The van der Waals surface area contributed by atoms with Gasteiger partial charge in [0.2, 0.25) is 11.8 Å².